The van der Waals surface area contributed by atoms with Crippen molar-refractivity contribution in [2.24, 2.45) is 0 Å². The van der Waals surface area contributed by atoms with Crippen LogP contribution in [-0.2, 0) is 11.3 Å². The number of esters is 1. The average molecular weight is 288 g/mol. The molecule has 0 N–H and O–H groups in total. The molecule has 1 aromatic carbocycles. The summed E-state index contributed by atoms with van der Waals surface area (Å²) in [7, 11) is 2.89. The van der Waals surface area contributed by atoms with Crippen molar-refractivity contribution < 1.29 is 19.1 Å². The van der Waals surface area contributed by atoms with Gasteiger partial charge in [-0.05, 0) is 25.1 Å². The van der Waals surface area contributed by atoms with Crippen molar-refractivity contribution in [3.05, 3.63) is 46.8 Å². The summed E-state index contributed by atoms with van der Waals surface area (Å²) in [5, 5.41) is 4.26. The summed E-state index contributed by atoms with van der Waals surface area (Å²) in [5.41, 5.74) is 2.42. The zero-order chi connectivity index (χ0) is 15.4. The van der Waals surface area contributed by atoms with Crippen LogP contribution in [0.1, 0.15) is 32.0 Å². The maximum absolute atomic E-state index is 11.6. The van der Waals surface area contributed by atoms with E-state index in [9.17, 15) is 9.59 Å². The molecule has 0 aliphatic heterocycles. The number of aromatic nitrogens is 2. The molecule has 0 fully saturated rings. The molecule has 0 radical (unpaired) electrons. The van der Waals surface area contributed by atoms with Crippen LogP contribution in [-0.4, -0.2) is 36.3 Å². The van der Waals surface area contributed by atoms with Gasteiger partial charge in [-0.25, -0.2) is 4.79 Å². The summed E-state index contributed by atoms with van der Waals surface area (Å²) < 4.78 is 11.6. The summed E-state index contributed by atoms with van der Waals surface area (Å²) in [6.07, 6.45) is 2.42. The molecule has 6 nitrogen and oxygen atoms in total. The maximum Gasteiger partial charge on any atom is 0.337 e. The highest BCUT2D eigenvalue weighted by molar-refractivity contribution is 5.89. The van der Waals surface area contributed by atoms with Gasteiger partial charge in [-0.2, -0.15) is 5.10 Å². The van der Waals surface area contributed by atoms with E-state index in [1.165, 1.54) is 7.11 Å². The van der Waals surface area contributed by atoms with Gasteiger partial charge in [0.15, 0.2) is 6.29 Å². The number of carbonyl (C=O) groups is 2. The third-order valence-electron chi connectivity index (χ3n) is 3.15. The minimum absolute atomic E-state index is 0.392. The van der Waals surface area contributed by atoms with Crippen LogP contribution in [0.3, 0.4) is 0 Å². The maximum atomic E-state index is 11.6. The Hall–Kier alpha value is -2.63. The number of hydrogen-bond acceptors (Lipinski definition) is 5. The first-order chi connectivity index (χ1) is 10.1. The van der Waals surface area contributed by atoms with Gasteiger partial charge in [0.05, 0.1) is 37.6 Å². The van der Waals surface area contributed by atoms with Gasteiger partial charge >= 0.3 is 5.97 Å². The van der Waals surface area contributed by atoms with Crippen molar-refractivity contribution in [1.82, 2.24) is 9.78 Å². The number of carbonyl (C=O) groups excluding carboxylic acids is 2. The molecule has 6 heteroatoms. The van der Waals surface area contributed by atoms with Crippen LogP contribution >= 0.6 is 0 Å². The number of methoxy groups -OCH3 is 2. The van der Waals surface area contributed by atoms with Crippen LogP contribution in [0.15, 0.2) is 24.4 Å². The second kappa shape index (κ2) is 6.21. The van der Waals surface area contributed by atoms with Crippen molar-refractivity contribution in [1.29, 1.82) is 0 Å². The van der Waals surface area contributed by atoms with Crippen LogP contribution in [0.5, 0.6) is 5.75 Å². The average Bonchev–Trinajstić information content (AvgIpc) is 2.86. The van der Waals surface area contributed by atoms with Crippen molar-refractivity contribution in [3.8, 4) is 5.75 Å². The van der Waals surface area contributed by atoms with Gasteiger partial charge in [0, 0.05) is 11.8 Å². The standard InChI is InChI=1S/C15H16N2O4/c1-10-13(9-18)8-17(16-10)7-12-6-11(15(19)21-3)4-5-14(12)20-2/h4-6,8-9H,7H2,1-3H3. The molecule has 0 aliphatic rings. The lowest BCUT2D eigenvalue weighted by molar-refractivity contribution is 0.0600. The largest absolute Gasteiger partial charge is 0.496 e. The number of hydrogen-bond donors (Lipinski definition) is 0. The minimum Gasteiger partial charge on any atom is -0.496 e. The molecule has 0 bridgehead atoms. The van der Waals surface area contributed by atoms with E-state index in [-0.39, 0.29) is 0 Å². The number of aldehydes is 1. The second-order valence-corrected chi connectivity index (χ2v) is 4.50. The molecule has 0 amide bonds. The molecular weight excluding hydrogens is 272 g/mol. The van der Waals surface area contributed by atoms with Gasteiger partial charge in [0.25, 0.3) is 0 Å². The summed E-state index contributed by atoms with van der Waals surface area (Å²) in [6, 6.07) is 5.04. The third kappa shape index (κ3) is 3.10. The summed E-state index contributed by atoms with van der Waals surface area (Å²) in [5.74, 6) is 0.229. The van der Waals surface area contributed by atoms with E-state index in [2.05, 4.69) is 5.10 Å². The molecule has 0 spiro atoms. The fraction of sp³-hybridized carbons (Fsp3) is 0.267. The Morgan fingerprint density at radius 2 is 2.14 bits per heavy atom. The van der Waals surface area contributed by atoms with Gasteiger partial charge in [0.1, 0.15) is 5.75 Å². The lowest BCUT2D eigenvalue weighted by Gasteiger charge is -2.10. The molecule has 1 heterocycles. The molecule has 2 rings (SSSR count). The third-order valence-corrected chi connectivity index (χ3v) is 3.15. The Balaban J connectivity index is 2.36. The van der Waals surface area contributed by atoms with Crippen LogP contribution in [0.4, 0.5) is 0 Å². The molecule has 110 valence electrons. The Morgan fingerprint density at radius 1 is 1.38 bits per heavy atom. The van der Waals surface area contributed by atoms with E-state index in [0.29, 0.717) is 29.1 Å². The Kier molecular flexibility index (Phi) is 4.37. The van der Waals surface area contributed by atoms with E-state index >= 15 is 0 Å². The van der Waals surface area contributed by atoms with Crippen molar-refractivity contribution >= 4 is 12.3 Å². The van der Waals surface area contributed by atoms with Gasteiger partial charge < -0.3 is 9.47 Å². The first kappa shape index (κ1) is 14.8. The van der Waals surface area contributed by atoms with Crippen LogP contribution in [0, 0.1) is 6.92 Å². The van der Waals surface area contributed by atoms with E-state index < -0.39 is 5.97 Å². The predicted molar refractivity (Wildman–Crippen MR) is 75.8 cm³/mol. The highest BCUT2D eigenvalue weighted by atomic mass is 16.5. The quantitative estimate of drug-likeness (QED) is 0.620. The smallest absolute Gasteiger partial charge is 0.337 e. The van der Waals surface area contributed by atoms with Crippen LogP contribution < -0.4 is 4.74 Å². The summed E-state index contributed by atoms with van der Waals surface area (Å²) in [6.45, 7) is 2.16. The highest BCUT2D eigenvalue weighted by Gasteiger charge is 2.12. The molecule has 1 aromatic heterocycles. The first-order valence-corrected chi connectivity index (χ1v) is 6.33. The SMILES string of the molecule is COC(=O)c1ccc(OC)c(Cn2cc(C=O)c(C)n2)c1. The first-order valence-electron chi connectivity index (χ1n) is 6.33. The zero-order valence-corrected chi connectivity index (χ0v) is 12.1. The normalized spacial score (nSPS) is 10.2. The highest BCUT2D eigenvalue weighted by Crippen LogP contribution is 2.21. The summed E-state index contributed by atoms with van der Waals surface area (Å²) >= 11 is 0. The molecule has 0 saturated heterocycles. The fourth-order valence-electron chi connectivity index (χ4n) is 2.05. The molecule has 2 aromatic rings. The monoisotopic (exact) mass is 288 g/mol. The van der Waals surface area contributed by atoms with Crippen molar-refractivity contribution in [3.63, 3.8) is 0 Å². The number of ether oxygens (including phenoxy) is 2. The van der Waals surface area contributed by atoms with Crippen molar-refractivity contribution in [2.75, 3.05) is 14.2 Å². The Morgan fingerprint density at radius 3 is 2.71 bits per heavy atom. The van der Waals surface area contributed by atoms with E-state index in [4.69, 9.17) is 9.47 Å². The molecule has 21 heavy (non-hydrogen) atoms. The topological polar surface area (TPSA) is 70.4 Å². The van der Waals surface area contributed by atoms with Gasteiger partial charge in [-0.15, -0.1) is 0 Å². The number of aryl methyl sites for hydroxylation is 1. The van der Waals surface area contributed by atoms with E-state index in [1.54, 1.807) is 43.1 Å². The summed E-state index contributed by atoms with van der Waals surface area (Å²) in [4.78, 5) is 22.4. The fourth-order valence-corrected chi connectivity index (χ4v) is 2.05. The lowest BCUT2D eigenvalue weighted by Crippen LogP contribution is -2.06. The Labute approximate surface area is 122 Å². The lowest BCUT2D eigenvalue weighted by atomic mass is 10.1. The molecular formula is C15H16N2O4. The number of rotatable bonds is 5. The molecule has 0 saturated carbocycles. The minimum atomic E-state index is -0.413. The second-order valence-electron chi connectivity index (χ2n) is 4.50. The molecule has 0 aliphatic carbocycles. The van der Waals surface area contributed by atoms with Gasteiger partial charge in [0.2, 0.25) is 0 Å². The van der Waals surface area contributed by atoms with E-state index in [1.807, 2.05) is 0 Å². The zero-order valence-electron chi connectivity index (χ0n) is 12.1. The number of nitrogens with zero attached hydrogens (tertiary/aromatic N) is 2. The van der Waals surface area contributed by atoms with E-state index in [0.717, 1.165) is 11.8 Å². The van der Waals surface area contributed by atoms with Gasteiger partial charge in [-0.3, -0.25) is 9.48 Å². The van der Waals surface area contributed by atoms with Crippen LogP contribution in [0.25, 0.3) is 0 Å². The molecule has 0 atom stereocenters. The van der Waals surface area contributed by atoms with Crippen LogP contribution in [0.2, 0.25) is 0 Å². The van der Waals surface area contributed by atoms with Crippen molar-refractivity contribution in [2.45, 2.75) is 13.5 Å². The predicted octanol–water partition coefficient (Wildman–Crippen LogP) is 1.85. The van der Waals surface area contributed by atoms with Gasteiger partial charge in [-0.1, -0.05) is 0 Å². The molecule has 0 unspecified atom stereocenters. The number of benzene rings is 1. The Bertz CT molecular complexity index is 676.